The Balaban J connectivity index is 2.33. The largest absolute Gasteiger partial charge is 0.378 e. The predicted octanol–water partition coefficient (Wildman–Crippen LogP) is 5.14. The van der Waals surface area contributed by atoms with Gasteiger partial charge >= 0.3 is 0 Å². The predicted molar refractivity (Wildman–Crippen MR) is 86.7 cm³/mol. The molecule has 0 aliphatic rings. The minimum Gasteiger partial charge on any atom is -0.378 e. The fraction of sp³-hybridized carbons (Fsp3) is 0.353. The Morgan fingerprint density at radius 2 is 1.85 bits per heavy atom. The summed E-state index contributed by atoms with van der Waals surface area (Å²) in [5.41, 5.74) is 6.84. The molecule has 0 aliphatic carbocycles. The Labute approximate surface area is 126 Å². The average Bonchev–Trinajstić information content (AvgIpc) is 2.33. The fourth-order valence-corrected chi connectivity index (χ4v) is 2.93. The molecule has 0 amide bonds. The zero-order valence-electron chi connectivity index (χ0n) is 12.7. The summed E-state index contributed by atoms with van der Waals surface area (Å²) in [6, 6.07) is 8.27. The Morgan fingerprint density at radius 3 is 2.50 bits per heavy atom. The van der Waals surface area contributed by atoms with Gasteiger partial charge in [-0.05, 0) is 69.5 Å². The summed E-state index contributed by atoms with van der Waals surface area (Å²) in [5.74, 6) is 0. The van der Waals surface area contributed by atoms with Crippen molar-refractivity contribution in [2.75, 3.05) is 5.32 Å². The van der Waals surface area contributed by atoms with Crippen molar-refractivity contribution in [1.29, 1.82) is 0 Å². The quantitative estimate of drug-likeness (QED) is 0.845. The number of benzene rings is 1. The van der Waals surface area contributed by atoms with E-state index in [-0.39, 0.29) is 6.04 Å². The minimum absolute atomic E-state index is 0.195. The molecule has 2 aromatic rings. The lowest BCUT2D eigenvalue weighted by atomic mass is 10.00. The topological polar surface area (TPSA) is 24.9 Å². The van der Waals surface area contributed by atoms with Crippen LogP contribution < -0.4 is 5.32 Å². The molecule has 1 aromatic carbocycles. The molecule has 1 N–H and O–H groups in total. The SMILES string of the molecule is Cc1cc(C)c(C(C)Nc2cccc(Cl)c2C)c(C)n1. The van der Waals surface area contributed by atoms with Gasteiger partial charge in [0, 0.05) is 22.1 Å². The lowest BCUT2D eigenvalue weighted by molar-refractivity contribution is 0.841. The highest BCUT2D eigenvalue weighted by molar-refractivity contribution is 6.31. The van der Waals surface area contributed by atoms with E-state index in [1.807, 2.05) is 26.0 Å². The van der Waals surface area contributed by atoms with Crippen LogP contribution in [-0.4, -0.2) is 4.98 Å². The number of aromatic nitrogens is 1. The standard InChI is InChI=1S/C17H21ClN2/c1-10-9-11(2)19-13(4)17(10)14(5)20-16-8-6-7-15(18)12(16)3/h6-9,14,20H,1-5H3. The van der Waals surface area contributed by atoms with E-state index in [9.17, 15) is 0 Å². The molecular weight excluding hydrogens is 268 g/mol. The van der Waals surface area contributed by atoms with Gasteiger partial charge in [0.2, 0.25) is 0 Å². The second-order valence-corrected chi connectivity index (χ2v) is 5.77. The zero-order chi connectivity index (χ0) is 14.9. The number of hydrogen-bond acceptors (Lipinski definition) is 2. The van der Waals surface area contributed by atoms with E-state index in [1.165, 1.54) is 11.1 Å². The molecule has 0 aliphatic heterocycles. The van der Waals surface area contributed by atoms with Crippen LogP contribution in [0.4, 0.5) is 5.69 Å². The van der Waals surface area contributed by atoms with Crippen LogP contribution >= 0.6 is 11.6 Å². The van der Waals surface area contributed by atoms with Gasteiger partial charge in [-0.3, -0.25) is 4.98 Å². The third kappa shape index (κ3) is 2.96. The normalized spacial score (nSPS) is 12.3. The second-order valence-electron chi connectivity index (χ2n) is 5.36. The molecular formula is C17H21ClN2. The summed E-state index contributed by atoms with van der Waals surface area (Å²) < 4.78 is 0. The zero-order valence-corrected chi connectivity index (χ0v) is 13.5. The first-order chi connectivity index (χ1) is 9.40. The molecule has 0 spiro atoms. The molecule has 2 rings (SSSR count). The maximum absolute atomic E-state index is 6.17. The number of pyridine rings is 1. The first-order valence-electron chi connectivity index (χ1n) is 6.86. The molecule has 1 aromatic heterocycles. The lowest BCUT2D eigenvalue weighted by Gasteiger charge is -2.21. The van der Waals surface area contributed by atoms with Crippen LogP contribution in [0.15, 0.2) is 24.3 Å². The summed E-state index contributed by atoms with van der Waals surface area (Å²) in [4.78, 5) is 4.57. The van der Waals surface area contributed by atoms with E-state index in [1.54, 1.807) is 0 Å². The molecule has 0 bridgehead atoms. The summed E-state index contributed by atoms with van der Waals surface area (Å²) in [7, 11) is 0. The third-order valence-corrected chi connectivity index (χ3v) is 4.07. The Kier molecular flexibility index (Phi) is 4.34. The molecule has 1 atom stereocenters. The van der Waals surface area contributed by atoms with Gasteiger partial charge in [0.1, 0.15) is 0 Å². The Morgan fingerprint density at radius 1 is 1.15 bits per heavy atom. The molecule has 0 saturated carbocycles. The molecule has 0 saturated heterocycles. The van der Waals surface area contributed by atoms with Crippen LogP contribution in [0.2, 0.25) is 5.02 Å². The maximum atomic E-state index is 6.17. The number of nitrogens with zero attached hydrogens (tertiary/aromatic N) is 1. The van der Waals surface area contributed by atoms with Gasteiger partial charge in [-0.25, -0.2) is 0 Å². The second kappa shape index (κ2) is 5.84. The smallest absolute Gasteiger partial charge is 0.0506 e. The van der Waals surface area contributed by atoms with E-state index in [4.69, 9.17) is 11.6 Å². The van der Waals surface area contributed by atoms with Crippen LogP contribution in [0.25, 0.3) is 0 Å². The highest BCUT2D eigenvalue weighted by Crippen LogP contribution is 2.29. The first-order valence-corrected chi connectivity index (χ1v) is 7.24. The lowest BCUT2D eigenvalue weighted by Crippen LogP contribution is -2.12. The van der Waals surface area contributed by atoms with Gasteiger partial charge in [0.15, 0.2) is 0 Å². The van der Waals surface area contributed by atoms with Gasteiger partial charge < -0.3 is 5.32 Å². The summed E-state index contributed by atoms with van der Waals surface area (Å²) in [6.07, 6.45) is 0. The molecule has 1 unspecified atom stereocenters. The molecule has 0 fully saturated rings. The fourth-order valence-electron chi connectivity index (χ4n) is 2.76. The molecule has 0 radical (unpaired) electrons. The molecule has 20 heavy (non-hydrogen) atoms. The van der Waals surface area contributed by atoms with E-state index < -0.39 is 0 Å². The van der Waals surface area contributed by atoms with Crippen molar-refractivity contribution in [1.82, 2.24) is 4.98 Å². The van der Waals surface area contributed by atoms with Crippen molar-refractivity contribution in [2.24, 2.45) is 0 Å². The van der Waals surface area contributed by atoms with Crippen molar-refractivity contribution in [2.45, 2.75) is 40.7 Å². The van der Waals surface area contributed by atoms with Crippen molar-refractivity contribution in [3.63, 3.8) is 0 Å². The third-order valence-electron chi connectivity index (χ3n) is 3.66. The summed E-state index contributed by atoms with van der Waals surface area (Å²) in [5, 5.41) is 4.33. The molecule has 106 valence electrons. The Bertz CT molecular complexity index is 612. The van der Waals surface area contributed by atoms with Crippen molar-refractivity contribution in [3.8, 4) is 0 Å². The highest BCUT2D eigenvalue weighted by Gasteiger charge is 2.14. The first kappa shape index (κ1) is 14.9. The monoisotopic (exact) mass is 288 g/mol. The van der Waals surface area contributed by atoms with Gasteiger partial charge in [0.25, 0.3) is 0 Å². The van der Waals surface area contributed by atoms with Crippen molar-refractivity contribution >= 4 is 17.3 Å². The highest BCUT2D eigenvalue weighted by atomic mass is 35.5. The van der Waals surface area contributed by atoms with E-state index in [0.717, 1.165) is 27.7 Å². The minimum atomic E-state index is 0.195. The number of rotatable bonds is 3. The maximum Gasteiger partial charge on any atom is 0.0506 e. The van der Waals surface area contributed by atoms with Crippen LogP contribution in [0.3, 0.4) is 0 Å². The van der Waals surface area contributed by atoms with Crippen molar-refractivity contribution < 1.29 is 0 Å². The number of aryl methyl sites for hydroxylation is 3. The van der Waals surface area contributed by atoms with Crippen molar-refractivity contribution in [3.05, 3.63) is 57.4 Å². The number of halogens is 1. The van der Waals surface area contributed by atoms with Crippen LogP contribution in [-0.2, 0) is 0 Å². The van der Waals surface area contributed by atoms with Gasteiger partial charge in [-0.2, -0.15) is 0 Å². The molecule has 1 heterocycles. The van der Waals surface area contributed by atoms with Gasteiger partial charge in [-0.15, -0.1) is 0 Å². The average molecular weight is 289 g/mol. The number of nitrogens with one attached hydrogen (secondary N) is 1. The number of anilines is 1. The van der Waals surface area contributed by atoms with E-state index in [0.29, 0.717) is 0 Å². The van der Waals surface area contributed by atoms with E-state index >= 15 is 0 Å². The van der Waals surface area contributed by atoms with Gasteiger partial charge in [0.05, 0.1) is 6.04 Å². The molecule has 3 heteroatoms. The molecule has 2 nitrogen and oxygen atoms in total. The Hall–Kier alpha value is -1.54. The van der Waals surface area contributed by atoms with E-state index in [2.05, 4.69) is 43.2 Å². The van der Waals surface area contributed by atoms with Gasteiger partial charge in [-0.1, -0.05) is 17.7 Å². The van der Waals surface area contributed by atoms with Crippen LogP contribution in [0.1, 0.15) is 41.0 Å². The summed E-state index contributed by atoms with van der Waals surface area (Å²) >= 11 is 6.17. The van der Waals surface area contributed by atoms with Crippen LogP contribution in [0.5, 0.6) is 0 Å². The number of hydrogen-bond donors (Lipinski definition) is 1. The summed E-state index contributed by atoms with van der Waals surface area (Å²) in [6.45, 7) is 10.4. The van der Waals surface area contributed by atoms with Crippen LogP contribution in [0, 0.1) is 27.7 Å².